The van der Waals surface area contributed by atoms with E-state index in [2.05, 4.69) is 0 Å². The summed E-state index contributed by atoms with van der Waals surface area (Å²) < 4.78 is 4.92. The number of ether oxygens (including phenoxy) is 1. The van der Waals surface area contributed by atoms with E-state index < -0.39 is 0 Å². The van der Waals surface area contributed by atoms with Crippen LogP contribution in [-0.2, 0) is 4.74 Å². The van der Waals surface area contributed by atoms with Crippen LogP contribution in [0.4, 0.5) is 0 Å². The molecule has 0 aliphatic rings. The standard InChI is InChI=1S/C9H12B2O2/c1-2-13-9(12)7-5-6(10)3-4-8(7)11/h3-5H,2,10-11H2,1H3. The van der Waals surface area contributed by atoms with Crippen LogP contribution in [0.1, 0.15) is 17.3 Å². The van der Waals surface area contributed by atoms with Crippen LogP contribution in [0, 0.1) is 0 Å². The predicted molar refractivity (Wildman–Crippen MR) is 58.8 cm³/mol. The summed E-state index contributed by atoms with van der Waals surface area (Å²) in [7, 11) is 3.87. The molecule has 0 radical (unpaired) electrons. The fourth-order valence-corrected chi connectivity index (χ4v) is 1.16. The Labute approximate surface area is 80.1 Å². The number of rotatable bonds is 2. The molecule has 0 fully saturated rings. The third-order valence-corrected chi connectivity index (χ3v) is 1.89. The van der Waals surface area contributed by atoms with E-state index in [0.29, 0.717) is 12.2 Å². The van der Waals surface area contributed by atoms with Crippen molar-refractivity contribution in [3.8, 4) is 0 Å². The first-order chi connectivity index (χ1) is 6.15. The summed E-state index contributed by atoms with van der Waals surface area (Å²) in [4.78, 5) is 11.4. The van der Waals surface area contributed by atoms with E-state index in [1.165, 1.54) is 0 Å². The Morgan fingerprint density at radius 1 is 1.46 bits per heavy atom. The maximum absolute atomic E-state index is 11.4. The van der Waals surface area contributed by atoms with Crippen LogP contribution in [0.5, 0.6) is 0 Å². The van der Waals surface area contributed by atoms with Crippen LogP contribution in [0.15, 0.2) is 18.2 Å². The number of hydrogen-bond donors (Lipinski definition) is 0. The first kappa shape index (κ1) is 9.90. The molecule has 0 aromatic heterocycles. The van der Waals surface area contributed by atoms with Crippen molar-refractivity contribution < 1.29 is 9.53 Å². The highest BCUT2D eigenvalue weighted by Crippen LogP contribution is 1.95. The Morgan fingerprint density at radius 2 is 2.15 bits per heavy atom. The van der Waals surface area contributed by atoms with Gasteiger partial charge in [0, 0.05) is 0 Å². The molecule has 1 aromatic carbocycles. The fraction of sp³-hybridized carbons (Fsp3) is 0.222. The Kier molecular flexibility index (Phi) is 3.18. The van der Waals surface area contributed by atoms with Gasteiger partial charge in [-0.2, -0.15) is 0 Å². The largest absolute Gasteiger partial charge is 0.462 e. The topological polar surface area (TPSA) is 26.3 Å². The van der Waals surface area contributed by atoms with E-state index in [0.717, 1.165) is 10.9 Å². The molecule has 0 saturated heterocycles. The molecule has 0 aliphatic heterocycles. The minimum Gasteiger partial charge on any atom is -0.462 e. The summed E-state index contributed by atoms with van der Waals surface area (Å²) in [5.74, 6) is -0.233. The monoisotopic (exact) mass is 174 g/mol. The van der Waals surface area contributed by atoms with E-state index in [-0.39, 0.29) is 5.97 Å². The van der Waals surface area contributed by atoms with Gasteiger partial charge in [-0.15, -0.1) is 0 Å². The Hall–Kier alpha value is -1.18. The minimum absolute atomic E-state index is 0.233. The van der Waals surface area contributed by atoms with Gasteiger partial charge < -0.3 is 4.74 Å². The number of carbonyl (C=O) groups excluding carboxylic acids is 1. The third-order valence-electron chi connectivity index (χ3n) is 1.89. The van der Waals surface area contributed by atoms with Crippen molar-refractivity contribution in [2.45, 2.75) is 6.92 Å². The summed E-state index contributed by atoms with van der Waals surface area (Å²) >= 11 is 0. The molecule has 1 rings (SSSR count). The lowest BCUT2D eigenvalue weighted by Gasteiger charge is -2.05. The van der Waals surface area contributed by atoms with E-state index in [1.807, 2.05) is 40.8 Å². The van der Waals surface area contributed by atoms with Crippen LogP contribution >= 0.6 is 0 Å². The van der Waals surface area contributed by atoms with Gasteiger partial charge in [0.2, 0.25) is 0 Å². The fourth-order valence-electron chi connectivity index (χ4n) is 1.16. The van der Waals surface area contributed by atoms with Gasteiger partial charge >= 0.3 is 5.97 Å². The molecular weight excluding hydrogens is 162 g/mol. The Bertz CT molecular complexity index is 323. The zero-order chi connectivity index (χ0) is 9.84. The molecule has 4 heteroatoms. The molecule has 0 saturated carbocycles. The zero-order valence-corrected chi connectivity index (χ0v) is 8.26. The molecule has 0 atom stereocenters. The molecule has 0 heterocycles. The van der Waals surface area contributed by atoms with Crippen molar-refractivity contribution in [2.75, 3.05) is 6.61 Å². The molecule has 0 aliphatic carbocycles. The van der Waals surface area contributed by atoms with Crippen LogP contribution in [0.25, 0.3) is 0 Å². The Morgan fingerprint density at radius 3 is 2.77 bits per heavy atom. The van der Waals surface area contributed by atoms with Crippen molar-refractivity contribution in [1.82, 2.24) is 0 Å². The van der Waals surface area contributed by atoms with E-state index in [1.54, 1.807) is 0 Å². The Balaban J connectivity index is 2.99. The van der Waals surface area contributed by atoms with Crippen molar-refractivity contribution in [1.29, 1.82) is 0 Å². The van der Waals surface area contributed by atoms with Gasteiger partial charge in [0.25, 0.3) is 0 Å². The normalized spacial score (nSPS) is 9.62. The second-order valence-corrected chi connectivity index (χ2v) is 3.04. The summed E-state index contributed by atoms with van der Waals surface area (Å²) in [6.07, 6.45) is 0. The van der Waals surface area contributed by atoms with Gasteiger partial charge in [-0.1, -0.05) is 29.1 Å². The lowest BCUT2D eigenvalue weighted by atomic mass is 9.85. The molecular formula is C9H12B2O2. The van der Waals surface area contributed by atoms with Crippen LogP contribution in [0.3, 0.4) is 0 Å². The van der Waals surface area contributed by atoms with Crippen molar-refractivity contribution in [3.63, 3.8) is 0 Å². The average molecular weight is 174 g/mol. The second-order valence-electron chi connectivity index (χ2n) is 3.04. The predicted octanol–water partition coefficient (Wildman–Crippen LogP) is -1.62. The molecule has 0 spiro atoms. The molecule has 13 heavy (non-hydrogen) atoms. The van der Waals surface area contributed by atoms with E-state index in [9.17, 15) is 4.79 Å². The van der Waals surface area contributed by atoms with E-state index in [4.69, 9.17) is 4.74 Å². The first-order valence-corrected chi connectivity index (χ1v) is 4.39. The van der Waals surface area contributed by atoms with Gasteiger partial charge in [-0.25, -0.2) is 4.79 Å². The van der Waals surface area contributed by atoms with Gasteiger partial charge in [0.05, 0.1) is 12.2 Å². The van der Waals surface area contributed by atoms with Gasteiger partial charge in [0.1, 0.15) is 15.7 Å². The minimum atomic E-state index is -0.233. The highest BCUT2D eigenvalue weighted by Gasteiger charge is 2.08. The zero-order valence-electron chi connectivity index (χ0n) is 8.26. The highest BCUT2D eigenvalue weighted by molar-refractivity contribution is 6.38. The quantitative estimate of drug-likeness (QED) is 0.397. The van der Waals surface area contributed by atoms with Gasteiger partial charge in [-0.3, -0.25) is 0 Å². The van der Waals surface area contributed by atoms with Crippen molar-refractivity contribution >= 4 is 32.6 Å². The molecule has 0 unspecified atom stereocenters. The SMILES string of the molecule is Bc1ccc(B)c(C(=O)OCC)c1. The average Bonchev–Trinajstić information content (AvgIpc) is 2.09. The number of benzene rings is 1. The third kappa shape index (κ3) is 2.38. The molecule has 0 amide bonds. The molecule has 1 aromatic rings. The van der Waals surface area contributed by atoms with Gasteiger partial charge in [-0.05, 0) is 6.92 Å². The lowest BCUT2D eigenvalue weighted by Crippen LogP contribution is -2.21. The van der Waals surface area contributed by atoms with E-state index >= 15 is 0 Å². The highest BCUT2D eigenvalue weighted by atomic mass is 16.5. The smallest absolute Gasteiger partial charge is 0.337 e. The van der Waals surface area contributed by atoms with Crippen molar-refractivity contribution in [3.05, 3.63) is 23.8 Å². The summed E-state index contributed by atoms with van der Waals surface area (Å²) in [6, 6.07) is 5.77. The number of carbonyl (C=O) groups is 1. The molecule has 66 valence electrons. The summed E-state index contributed by atoms with van der Waals surface area (Å²) in [5.41, 5.74) is 2.71. The lowest BCUT2D eigenvalue weighted by molar-refractivity contribution is 0.0528. The summed E-state index contributed by atoms with van der Waals surface area (Å²) in [6.45, 7) is 2.23. The van der Waals surface area contributed by atoms with Crippen LogP contribution in [0.2, 0.25) is 0 Å². The van der Waals surface area contributed by atoms with Gasteiger partial charge in [0.15, 0.2) is 0 Å². The molecule has 0 bridgehead atoms. The number of esters is 1. The first-order valence-electron chi connectivity index (χ1n) is 4.39. The van der Waals surface area contributed by atoms with Crippen LogP contribution in [-0.4, -0.2) is 28.3 Å². The maximum atomic E-state index is 11.4. The van der Waals surface area contributed by atoms with Crippen molar-refractivity contribution in [2.24, 2.45) is 0 Å². The summed E-state index contributed by atoms with van der Waals surface area (Å²) in [5, 5.41) is 0. The molecule has 2 nitrogen and oxygen atoms in total. The molecule has 0 N–H and O–H groups in total. The number of hydrogen-bond acceptors (Lipinski definition) is 2. The maximum Gasteiger partial charge on any atom is 0.337 e. The van der Waals surface area contributed by atoms with Crippen LogP contribution < -0.4 is 10.9 Å². The second kappa shape index (κ2) is 4.17.